The number of aryl methyl sites for hydroxylation is 2. The van der Waals surface area contributed by atoms with Crippen molar-refractivity contribution >= 4 is 17.7 Å². The van der Waals surface area contributed by atoms with E-state index in [1.807, 2.05) is 57.4 Å². The number of thioether (sulfide) groups is 1. The first-order valence-electron chi connectivity index (χ1n) is 7.73. The first-order valence-corrected chi connectivity index (χ1v) is 8.96. The van der Waals surface area contributed by atoms with E-state index in [-0.39, 0.29) is 11.9 Å². The van der Waals surface area contributed by atoms with E-state index >= 15 is 0 Å². The van der Waals surface area contributed by atoms with E-state index in [1.165, 1.54) is 11.8 Å². The van der Waals surface area contributed by atoms with Gasteiger partial charge in [-0.15, -0.1) is 0 Å². The molecule has 0 radical (unpaired) electrons. The predicted octanol–water partition coefficient (Wildman–Crippen LogP) is 3.63. The first-order chi connectivity index (χ1) is 11.0. The summed E-state index contributed by atoms with van der Waals surface area (Å²) in [5.41, 5.74) is 4.11. The summed E-state index contributed by atoms with van der Waals surface area (Å²) in [4.78, 5) is 21.1. The Labute approximate surface area is 142 Å². The minimum atomic E-state index is 0.0148. The predicted molar refractivity (Wildman–Crippen MR) is 94.6 cm³/mol. The second-order valence-electron chi connectivity index (χ2n) is 5.56. The van der Waals surface area contributed by atoms with Crippen LogP contribution < -0.4 is 5.32 Å². The van der Waals surface area contributed by atoms with E-state index in [2.05, 4.69) is 15.3 Å². The van der Waals surface area contributed by atoms with Gasteiger partial charge in [0, 0.05) is 17.8 Å². The molecule has 1 heterocycles. The molecule has 0 fully saturated rings. The van der Waals surface area contributed by atoms with E-state index in [0.717, 1.165) is 27.7 Å². The van der Waals surface area contributed by atoms with Gasteiger partial charge in [-0.2, -0.15) is 0 Å². The summed E-state index contributed by atoms with van der Waals surface area (Å²) >= 11 is 1.53. The van der Waals surface area contributed by atoms with Crippen molar-refractivity contribution in [3.8, 4) is 0 Å². The molecule has 23 heavy (non-hydrogen) atoms. The molecule has 122 valence electrons. The lowest BCUT2D eigenvalue weighted by atomic mass is 10.1. The number of hydrogen-bond donors (Lipinski definition) is 1. The fourth-order valence-electron chi connectivity index (χ4n) is 2.54. The number of carbonyl (C=O) groups is 1. The van der Waals surface area contributed by atoms with Crippen LogP contribution in [0.25, 0.3) is 0 Å². The van der Waals surface area contributed by atoms with Crippen molar-refractivity contribution in [3.05, 3.63) is 52.8 Å². The van der Waals surface area contributed by atoms with E-state index < -0.39 is 0 Å². The second kappa shape index (κ2) is 8.11. The van der Waals surface area contributed by atoms with Crippen LogP contribution in [0.2, 0.25) is 0 Å². The number of benzene rings is 1. The first kappa shape index (κ1) is 17.5. The maximum absolute atomic E-state index is 12.2. The number of carbonyl (C=O) groups excluding carboxylic acids is 1. The Bertz CT molecular complexity index is 650. The van der Waals surface area contributed by atoms with Gasteiger partial charge >= 0.3 is 0 Å². The molecule has 1 amide bonds. The van der Waals surface area contributed by atoms with Crippen LogP contribution in [-0.4, -0.2) is 22.1 Å². The van der Waals surface area contributed by atoms with Crippen LogP contribution in [0.3, 0.4) is 0 Å². The van der Waals surface area contributed by atoms with Crippen LogP contribution in [0.15, 0.2) is 35.5 Å². The van der Waals surface area contributed by atoms with Gasteiger partial charge in [0.05, 0.1) is 6.04 Å². The van der Waals surface area contributed by atoms with E-state index in [1.54, 1.807) is 0 Å². The molecule has 2 aromatic rings. The third-order valence-electron chi connectivity index (χ3n) is 3.86. The summed E-state index contributed by atoms with van der Waals surface area (Å²) < 4.78 is 0. The molecular weight excluding hydrogens is 306 g/mol. The van der Waals surface area contributed by atoms with Crippen LogP contribution >= 0.6 is 11.8 Å². The quantitative estimate of drug-likeness (QED) is 0.649. The van der Waals surface area contributed by atoms with Gasteiger partial charge in [0.1, 0.15) is 0 Å². The molecule has 4 nitrogen and oxygen atoms in total. The van der Waals surface area contributed by atoms with E-state index in [4.69, 9.17) is 0 Å². The van der Waals surface area contributed by atoms with Gasteiger partial charge in [-0.05, 0) is 44.6 Å². The molecule has 1 N–H and O–H groups in total. The molecule has 0 aliphatic heterocycles. The second-order valence-corrected chi connectivity index (χ2v) is 6.33. The van der Waals surface area contributed by atoms with Gasteiger partial charge in [-0.25, -0.2) is 9.97 Å². The van der Waals surface area contributed by atoms with Crippen LogP contribution in [-0.2, 0) is 11.2 Å². The lowest BCUT2D eigenvalue weighted by molar-refractivity contribution is -0.121. The normalized spacial score (nSPS) is 12.0. The van der Waals surface area contributed by atoms with Crippen molar-refractivity contribution in [1.29, 1.82) is 0 Å². The number of nitrogens with one attached hydrogen (secondary N) is 1. The van der Waals surface area contributed by atoms with Gasteiger partial charge < -0.3 is 5.32 Å². The highest BCUT2D eigenvalue weighted by Gasteiger charge is 2.12. The average Bonchev–Trinajstić information content (AvgIpc) is 2.54. The molecule has 1 aromatic carbocycles. The minimum absolute atomic E-state index is 0.0148. The summed E-state index contributed by atoms with van der Waals surface area (Å²) in [7, 11) is 0. The van der Waals surface area contributed by atoms with Crippen LogP contribution in [0.5, 0.6) is 0 Å². The molecule has 0 saturated carbocycles. The zero-order valence-corrected chi connectivity index (χ0v) is 14.9. The van der Waals surface area contributed by atoms with Crippen LogP contribution in [0.1, 0.15) is 41.9 Å². The lowest BCUT2D eigenvalue weighted by Gasteiger charge is -2.15. The number of aromatic nitrogens is 2. The highest BCUT2D eigenvalue weighted by atomic mass is 32.2. The van der Waals surface area contributed by atoms with Crippen LogP contribution in [0.4, 0.5) is 0 Å². The third-order valence-corrected chi connectivity index (χ3v) is 4.41. The highest BCUT2D eigenvalue weighted by molar-refractivity contribution is 7.98. The van der Waals surface area contributed by atoms with Crippen LogP contribution in [0, 0.1) is 13.8 Å². The van der Waals surface area contributed by atoms with Crippen molar-refractivity contribution in [2.45, 2.75) is 44.8 Å². The summed E-state index contributed by atoms with van der Waals surface area (Å²) in [5, 5.41) is 3.83. The molecule has 2 rings (SSSR count). The SMILES string of the molecule is CSc1nc(C)c(CCC(=O)NC(C)c2ccccc2)c(C)n1. The Balaban J connectivity index is 1.95. The Hall–Kier alpha value is -1.88. The Morgan fingerprint density at radius 2 is 1.78 bits per heavy atom. The number of amides is 1. The van der Waals surface area contributed by atoms with E-state index in [0.29, 0.717) is 12.8 Å². The molecule has 0 spiro atoms. The molecule has 0 aliphatic carbocycles. The van der Waals surface area contributed by atoms with Gasteiger partial charge in [-0.1, -0.05) is 42.1 Å². The van der Waals surface area contributed by atoms with Gasteiger partial charge in [0.2, 0.25) is 5.91 Å². The van der Waals surface area contributed by atoms with Crippen molar-refractivity contribution in [2.24, 2.45) is 0 Å². The molecule has 1 atom stereocenters. The summed E-state index contributed by atoms with van der Waals surface area (Å²) in [6.45, 7) is 5.96. The number of nitrogens with zero attached hydrogens (tertiary/aromatic N) is 2. The van der Waals surface area contributed by atoms with Gasteiger partial charge in [0.25, 0.3) is 0 Å². The molecule has 1 unspecified atom stereocenters. The Kier molecular flexibility index (Phi) is 6.16. The van der Waals surface area contributed by atoms with Gasteiger partial charge in [0.15, 0.2) is 5.16 Å². The van der Waals surface area contributed by atoms with E-state index in [9.17, 15) is 4.79 Å². The standard InChI is InChI=1S/C18H23N3OS/c1-12(15-8-6-5-7-9-15)19-17(22)11-10-16-13(2)20-18(23-4)21-14(16)3/h5-9,12H,10-11H2,1-4H3,(H,19,22). The minimum Gasteiger partial charge on any atom is -0.350 e. The average molecular weight is 329 g/mol. The fraction of sp³-hybridized carbons (Fsp3) is 0.389. The highest BCUT2D eigenvalue weighted by Crippen LogP contribution is 2.17. The fourth-order valence-corrected chi connectivity index (χ4v) is 3.00. The molecule has 0 saturated heterocycles. The monoisotopic (exact) mass is 329 g/mol. The maximum Gasteiger partial charge on any atom is 0.220 e. The topological polar surface area (TPSA) is 54.9 Å². The van der Waals surface area contributed by atoms with Crippen molar-refractivity contribution in [2.75, 3.05) is 6.26 Å². The van der Waals surface area contributed by atoms with Crippen molar-refractivity contribution in [3.63, 3.8) is 0 Å². The Morgan fingerprint density at radius 3 is 2.35 bits per heavy atom. The summed E-state index contributed by atoms with van der Waals surface area (Å²) in [5.74, 6) is 0.0501. The maximum atomic E-state index is 12.2. The number of rotatable bonds is 6. The van der Waals surface area contributed by atoms with Gasteiger partial charge in [-0.3, -0.25) is 4.79 Å². The largest absolute Gasteiger partial charge is 0.350 e. The zero-order chi connectivity index (χ0) is 16.8. The smallest absolute Gasteiger partial charge is 0.220 e. The molecule has 0 bridgehead atoms. The molecule has 1 aromatic heterocycles. The third kappa shape index (κ3) is 4.79. The molecular formula is C18H23N3OS. The van der Waals surface area contributed by atoms with Crippen molar-refractivity contribution in [1.82, 2.24) is 15.3 Å². The summed E-state index contributed by atoms with van der Waals surface area (Å²) in [6, 6.07) is 10.00. The van der Waals surface area contributed by atoms with Crippen molar-refractivity contribution < 1.29 is 4.79 Å². The summed E-state index contributed by atoms with van der Waals surface area (Å²) in [6.07, 6.45) is 3.08. The Morgan fingerprint density at radius 1 is 1.17 bits per heavy atom. The molecule has 0 aliphatic rings. The number of hydrogen-bond acceptors (Lipinski definition) is 4. The lowest BCUT2D eigenvalue weighted by Crippen LogP contribution is -2.27. The molecule has 5 heteroatoms. The zero-order valence-electron chi connectivity index (χ0n) is 14.1.